The number of aromatic nitrogens is 1. The van der Waals surface area contributed by atoms with E-state index in [1.54, 1.807) is 0 Å². The average Bonchev–Trinajstić information content (AvgIpc) is 3.18. The van der Waals surface area contributed by atoms with E-state index in [1.165, 1.54) is 11.1 Å². The van der Waals surface area contributed by atoms with Crippen LogP contribution in [0, 0.1) is 0 Å². The van der Waals surface area contributed by atoms with Crippen molar-refractivity contribution in [1.82, 2.24) is 9.88 Å². The number of hydrogen-bond acceptors (Lipinski definition) is 2. The largest absolute Gasteiger partial charge is 0.484 e. The van der Waals surface area contributed by atoms with Gasteiger partial charge in [-0.15, -0.1) is 0 Å². The third-order valence-electron chi connectivity index (χ3n) is 5.27. The number of carbonyl (C=O) groups excluding carboxylic acids is 1. The number of rotatable bonds is 5. The first kappa shape index (κ1) is 18.6. The van der Waals surface area contributed by atoms with Crippen LogP contribution >= 0.6 is 11.6 Å². The van der Waals surface area contributed by atoms with Gasteiger partial charge in [0.05, 0.1) is 10.5 Å². The second-order valence-electron chi connectivity index (χ2n) is 6.97. The van der Waals surface area contributed by atoms with Gasteiger partial charge in [-0.05, 0) is 42.2 Å². The normalized spacial score (nSPS) is 14.2. The van der Waals surface area contributed by atoms with E-state index in [0.29, 0.717) is 13.1 Å². The molecule has 0 saturated heterocycles. The first-order valence-electron chi connectivity index (χ1n) is 9.60. The van der Waals surface area contributed by atoms with Gasteiger partial charge in [0.1, 0.15) is 5.75 Å². The maximum absolute atomic E-state index is 12.5. The zero-order valence-corrected chi connectivity index (χ0v) is 16.6. The van der Waals surface area contributed by atoms with Crippen LogP contribution in [0.1, 0.15) is 24.5 Å². The molecular weight excluding hydrogens is 372 g/mol. The van der Waals surface area contributed by atoms with Gasteiger partial charge in [-0.3, -0.25) is 4.79 Å². The fourth-order valence-corrected chi connectivity index (χ4v) is 3.81. The minimum absolute atomic E-state index is 0.0110. The summed E-state index contributed by atoms with van der Waals surface area (Å²) in [5, 5.41) is 1.85. The molecule has 1 aromatic heterocycles. The first-order chi connectivity index (χ1) is 13.7. The molecule has 1 N–H and O–H groups in total. The lowest BCUT2D eigenvalue weighted by Crippen LogP contribution is -2.37. The smallest absolute Gasteiger partial charge is 0.260 e. The van der Waals surface area contributed by atoms with E-state index >= 15 is 0 Å². The fraction of sp³-hybridized carbons (Fsp3) is 0.261. The van der Waals surface area contributed by atoms with Crippen LogP contribution in [-0.2, 0) is 11.2 Å². The van der Waals surface area contributed by atoms with Crippen molar-refractivity contribution in [2.75, 3.05) is 19.7 Å². The highest BCUT2D eigenvalue weighted by molar-refractivity contribution is 6.35. The number of fused-ring (bicyclic) bond motifs is 1. The summed E-state index contributed by atoms with van der Waals surface area (Å²) in [5.41, 5.74) is 4.62. The highest BCUT2D eigenvalue weighted by Crippen LogP contribution is 2.32. The molecule has 2 aromatic carbocycles. The summed E-state index contributed by atoms with van der Waals surface area (Å²) in [6, 6.07) is 13.8. The van der Waals surface area contributed by atoms with Gasteiger partial charge in [0.15, 0.2) is 6.61 Å². The maximum Gasteiger partial charge on any atom is 0.260 e. The molecule has 2 heterocycles. The monoisotopic (exact) mass is 394 g/mol. The number of nitrogens with one attached hydrogen (secondary N) is 1. The quantitative estimate of drug-likeness (QED) is 0.656. The Bertz CT molecular complexity index is 1020. The summed E-state index contributed by atoms with van der Waals surface area (Å²) in [7, 11) is 0. The summed E-state index contributed by atoms with van der Waals surface area (Å²) in [5.74, 6) is 0.742. The van der Waals surface area contributed by atoms with E-state index in [-0.39, 0.29) is 12.5 Å². The van der Waals surface area contributed by atoms with E-state index in [4.69, 9.17) is 16.3 Å². The second kappa shape index (κ2) is 8.11. The molecule has 0 aliphatic carbocycles. The number of aromatic amines is 1. The number of hydrogen-bond donors (Lipinski definition) is 1. The minimum atomic E-state index is 0.0110. The van der Waals surface area contributed by atoms with Crippen molar-refractivity contribution in [3.05, 3.63) is 70.9 Å². The Balaban J connectivity index is 1.38. The second-order valence-corrected chi connectivity index (χ2v) is 7.38. The standard InChI is InChI=1S/C23H23ClN2O2/c1-2-16-6-8-18(9-7-16)28-15-22(27)26-12-10-17(11-13-26)20-14-25-23-19(20)4-3-5-21(23)24/h3-10,14,25H,2,11-13,15H2,1H3. The number of para-hydroxylation sites is 1. The summed E-state index contributed by atoms with van der Waals surface area (Å²) >= 11 is 6.26. The summed E-state index contributed by atoms with van der Waals surface area (Å²) in [4.78, 5) is 17.6. The molecule has 0 saturated carbocycles. The zero-order valence-electron chi connectivity index (χ0n) is 15.9. The average molecular weight is 395 g/mol. The van der Waals surface area contributed by atoms with Gasteiger partial charge in [0.25, 0.3) is 5.91 Å². The first-order valence-corrected chi connectivity index (χ1v) is 9.98. The molecule has 3 aromatic rings. The number of halogens is 1. The summed E-state index contributed by atoms with van der Waals surface area (Å²) < 4.78 is 5.66. The number of ether oxygens (including phenoxy) is 1. The Kier molecular flexibility index (Phi) is 5.40. The third-order valence-corrected chi connectivity index (χ3v) is 5.58. The van der Waals surface area contributed by atoms with Crippen molar-refractivity contribution in [2.24, 2.45) is 0 Å². The van der Waals surface area contributed by atoms with Crippen LogP contribution < -0.4 is 4.74 Å². The van der Waals surface area contributed by atoms with Crippen molar-refractivity contribution >= 4 is 34.0 Å². The molecule has 28 heavy (non-hydrogen) atoms. The molecular formula is C23H23ClN2O2. The number of benzene rings is 2. The van der Waals surface area contributed by atoms with Crippen molar-refractivity contribution in [3.63, 3.8) is 0 Å². The van der Waals surface area contributed by atoms with Gasteiger partial charge in [-0.1, -0.05) is 48.9 Å². The number of H-pyrrole nitrogens is 1. The number of carbonyl (C=O) groups is 1. The van der Waals surface area contributed by atoms with Crippen LogP contribution in [0.4, 0.5) is 0 Å². The van der Waals surface area contributed by atoms with Gasteiger partial charge in [-0.2, -0.15) is 0 Å². The van der Waals surface area contributed by atoms with Gasteiger partial charge in [0, 0.05) is 30.2 Å². The minimum Gasteiger partial charge on any atom is -0.484 e. The van der Waals surface area contributed by atoms with Crippen LogP contribution in [0.15, 0.2) is 54.7 Å². The molecule has 0 atom stereocenters. The number of aryl methyl sites for hydroxylation is 1. The lowest BCUT2D eigenvalue weighted by molar-refractivity contribution is -0.132. The van der Waals surface area contributed by atoms with Crippen LogP contribution in [0.2, 0.25) is 5.02 Å². The van der Waals surface area contributed by atoms with Crippen molar-refractivity contribution in [1.29, 1.82) is 0 Å². The molecule has 0 spiro atoms. The molecule has 1 aliphatic heterocycles. The fourth-order valence-electron chi connectivity index (χ4n) is 3.58. The Morgan fingerprint density at radius 2 is 2.04 bits per heavy atom. The molecule has 0 fully saturated rings. The van der Waals surface area contributed by atoms with Crippen molar-refractivity contribution in [3.8, 4) is 5.75 Å². The molecule has 0 radical (unpaired) electrons. The predicted octanol–water partition coefficient (Wildman–Crippen LogP) is 5.08. The van der Waals surface area contributed by atoms with Crippen LogP contribution in [0.5, 0.6) is 5.75 Å². The molecule has 0 bridgehead atoms. The van der Waals surface area contributed by atoms with Gasteiger partial charge < -0.3 is 14.6 Å². The zero-order chi connectivity index (χ0) is 19.5. The molecule has 0 unspecified atom stereocenters. The molecule has 1 aliphatic rings. The Morgan fingerprint density at radius 3 is 2.75 bits per heavy atom. The van der Waals surface area contributed by atoms with Crippen LogP contribution in [0.3, 0.4) is 0 Å². The highest BCUT2D eigenvalue weighted by atomic mass is 35.5. The van der Waals surface area contributed by atoms with Gasteiger partial charge in [-0.25, -0.2) is 0 Å². The van der Waals surface area contributed by atoms with Crippen LogP contribution in [-0.4, -0.2) is 35.5 Å². The molecule has 144 valence electrons. The Morgan fingerprint density at radius 1 is 1.21 bits per heavy atom. The van der Waals surface area contributed by atoms with E-state index in [1.807, 2.05) is 47.5 Å². The van der Waals surface area contributed by atoms with Crippen molar-refractivity contribution < 1.29 is 9.53 Å². The third kappa shape index (κ3) is 3.78. The summed E-state index contributed by atoms with van der Waals surface area (Å²) in [6.45, 7) is 3.47. The highest BCUT2D eigenvalue weighted by Gasteiger charge is 2.20. The van der Waals surface area contributed by atoms with E-state index < -0.39 is 0 Å². The molecule has 4 nitrogen and oxygen atoms in total. The van der Waals surface area contributed by atoms with Crippen molar-refractivity contribution in [2.45, 2.75) is 19.8 Å². The van der Waals surface area contributed by atoms with Gasteiger partial charge >= 0.3 is 0 Å². The SMILES string of the molecule is CCc1ccc(OCC(=O)N2CC=C(c3c[nH]c4c(Cl)cccc34)CC2)cc1. The number of amides is 1. The maximum atomic E-state index is 12.5. The van der Waals surface area contributed by atoms with E-state index in [2.05, 4.69) is 24.1 Å². The lowest BCUT2D eigenvalue weighted by atomic mass is 9.99. The Labute approximate surface area is 169 Å². The van der Waals surface area contributed by atoms with E-state index in [0.717, 1.165) is 40.1 Å². The molecule has 4 rings (SSSR count). The van der Waals surface area contributed by atoms with E-state index in [9.17, 15) is 4.79 Å². The molecule has 1 amide bonds. The Hall–Kier alpha value is -2.72. The summed E-state index contributed by atoms with van der Waals surface area (Å²) in [6.07, 6.45) is 5.94. The van der Waals surface area contributed by atoms with Gasteiger partial charge in [0.2, 0.25) is 0 Å². The molecule has 5 heteroatoms. The van der Waals surface area contributed by atoms with Crippen LogP contribution in [0.25, 0.3) is 16.5 Å². The lowest BCUT2D eigenvalue weighted by Gasteiger charge is -2.26. The predicted molar refractivity (Wildman–Crippen MR) is 114 cm³/mol. The topological polar surface area (TPSA) is 45.3 Å². The number of nitrogens with zero attached hydrogens (tertiary/aromatic N) is 1.